The molecule has 0 aromatic heterocycles. The maximum absolute atomic E-state index is 13.6. The maximum Gasteiger partial charge on any atom is 0.307 e. The van der Waals surface area contributed by atoms with Crippen molar-refractivity contribution in [1.82, 2.24) is 25.8 Å². The molecule has 5 atom stereocenters. The van der Waals surface area contributed by atoms with Crippen LogP contribution in [0.15, 0.2) is 24.3 Å². The third kappa shape index (κ3) is 6.58. The van der Waals surface area contributed by atoms with Crippen LogP contribution in [0.4, 0.5) is 0 Å². The van der Waals surface area contributed by atoms with Crippen molar-refractivity contribution in [2.24, 2.45) is 0 Å². The minimum atomic E-state index is -0.650. The summed E-state index contributed by atoms with van der Waals surface area (Å²) in [6.07, 6.45) is 4.68. The molecule has 0 aliphatic carbocycles. The zero-order chi connectivity index (χ0) is 28.1. The number of likely N-dealkylation sites (N-methyl/N-ethyl adjacent to an activating group) is 1. The molecule has 11 nitrogen and oxygen atoms in total. The molecule has 3 fully saturated rings. The summed E-state index contributed by atoms with van der Waals surface area (Å²) < 4.78 is 5.20. The zero-order valence-electron chi connectivity index (χ0n) is 22.9. The Hall–Kier alpha value is -3.47. The van der Waals surface area contributed by atoms with E-state index in [9.17, 15) is 24.0 Å². The molecule has 1 aromatic rings. The highest BCUT2D eigenvalue weighted by Gasteiger charge is 2.44. The molecule has 3 aliphatic rings. The fraction of sp³-hybridized carbons (Fsp3) is 0.607. The van der Waals surface area contributed by atoms with E-state index in [0.29, 0.717) is 24.8 Å². The lowest BCUT2D eigenvalue weighted by Crippen LogP contribution is -2.57. The van der Waals surface area contributed by atoms with Crippen molar-refractivity contribution >= 4 is 29.6 Å². The fourth-order valence-electron chi connectivity index (χ4n) is 5.59. The standard InChI is InChI=1S/C28H39N5O6/c1-17(29-2)25(35)31-21-10-5-4-9-20-11-12-22(33(20)28(21)38)26(36)30-16-18-7-6-8-19(15-18)27(37)32(3)23-13-14-24(34)39-23/h6-8,15,17,20-23,29H,4-5,9-14,16H2,1-3H3,(H,30,36)(H,31,35)/t17-,20-,21-,22-,23-/m0/s1. The van der Waals surface area contributed by atoms with Crippen LogP contribution < -0.4 is 16.0 Å². The highest BCUT2D eigenvalue weighted by Crippen LogP contribution is 2.31. The summed E-state index contributed by atoms with van der Waals surface area (Å²) in [5.41, 5.74) is 1.17. The van der Waals surface area contributed by atoms with Gasteiger partial charge >= 0.3 is 5.97 Å². The molecule has 4 amide bonds. The summed E-state index contributed by atoms with van der Waals surface area (Å²) in [6, 6.07) is 5.27. The van der Waals surface area contributed by atoms with Gasteiger partial charge in [0.15, 0.2) is 6.23 Å². The number of carbonyl (C=O) groups excluding carboxylic acids is 5. The molecule has 39 heavy (non-hydrogen) atoms. The average Bonchev–Trinajstić information content (AvgIpc) is 3.57. The van der Waals surface area contributed by atoms with Crippen LogP contribution in [0.25, 0.3) is 0 Å². The second-order valence-electron chi connectivity index (χ2n) is 10.7. The number of amides is 4. The molecule has 3 heterocycles. The van der Waals surface area contributed by atoms with Gasteiger partial charge in [-0.05, 0) is 57.4 Å². The van der Waals surface area contributed by atoms with Crippen molar-refractivity contribution < 1.29 is 28.7 Å². The molecule has 3 saturated heterocycles. The van der Waals surface area contributed by atoms with Crippen LogP contribution in [0.5, 0.6) is 0 Å². The number of rotatable bonds is 8. The molecule has 0 spiro atoms. The van der Waals surface area contributed by atoms with Gasteiger partial charge in [0, 0.05) is 31.6 Å². The first-order valence-corrected chi connectivity index (χ1v) is 13.8. The van der Waals surface area contributed by atoms with Gasteiger partial charge in [-0.15, -0.1) is 0 Å². The smallest absolute Gasteiger partial charge is 0.307 e. The van der Waals surface area contributed by atoms with Crippen molar-refractivity contribution in [3.63, 3.8) is 0 Å². The zero-order valence-corrected chi connectivity index (χ0v) is 22.9. The van der Waals surface area contributed by atoms with Crippen LogP contribution in [0.2, 0.25) is 0 Å². The Morgan fingerprint density at radius 3 is 2.59 bits per heavy atom. The van der Waals surface area contributed by atoms with E-state index in [0.717, 1.165) is 31.2 Å². The molecule has 0 saturated carbocycles. The van der Waals surface area contributed by atoms with Gasteiger partial charge in [0.05, 0.1) is 12.5 Å². The van der Waals surface area contributed by atoms with Crippen LogP contribution in [-0.4, -0.2) is 83.9 Å². The van der Waals surface area contributed by atoms with E-state index in [1.165, 1.54) is 4.90 Å². The van der Waals surface area contributed by atoms with Crippen molar-refractivity contribution in [1.29, 1.82) is 0 Å². The van der Waals surface area contributed by atoms with E-state index in [1.807, 2.05) is 6.07 Å². The first-order valence-electron chi connectivity index (χ1n) is 13.8. The number of cyclic esters (lactones) is 1. The Morgan fingerprint density at radius 1 is 1.10 bits per heavy atom. The predicted molar refractivity (Wildman–Crippen MR) is 142 cm³/mol. The molecule has 212 valence electrons. The maximum atomic E-state index is 13.6. The molecular weight excluding hydrogens is 502 g/mol. The van der Waals surface area contributed by atoms with Gasteiger partial charge in [-0.3, -0.25) is 24.0 Å². The van der Waals surface area contributed by atoms with Crippen molar-refractivity contribution in [2.75, 3.05) is 14.1 Å². The molecule has 1 aromatic carbocycles. The third-order valence-electron chi connectivity index (χ3n) is 8.04. The monoisotopic (exact) mass is 541 g/mol. The quantitative estimate of drug-likeness (QED) is 0.419. The van der Waals surface area contributed by atoms with E-state index in [-0.39, 0.29) is 48.6 Å². The summed E-state index contributed by atoms with van der Waals surface area (Å²) in [7, 11) is 3.29. The lowest BCUT2D eigenvalue weighted by molar-refractivity contribution is -0.145. The van der Waals surface area contributed by atoms with E-state index in [1.54, 1.807) is 44.1 Å². The van der Waals surface area contributed by atoms with E-state index < -0.39 is 24.4 Å². The van der Waals surface area contributed by atoms with Gasteiger partial charge in [-0.25, -0.2) is 0 Å². The summed E-state index contributed by atoms with van der Waals surface area (Å²) in [5, 5.41) is 8.71. The largest absolute Gasteiger partial charge is 0.441 e. The first-order chi connectivity index (χ1) is 18.7. The third-order valence-corrected chi connectivity index (χ3v) is 8.04. The molecule has 0 bridgehead atoms. The number of esters is 1. The number of nitrogens with one attached hydrogen (secondary N) is 3. The van der Waals surface area contributed by atoms with Gasteiger partial charge in [-0.1, -0.05) is 25.0 Å². The number of hydrogen-bond donors (Lipinski definition) is 3. The second kappa shape index (κ2) is 12.6. The van der Waals surface area contributed by atoms with Crippen LogP contribution in [0, 0.1) is 0 Å². The lowest BCUT2D eigenvalue weighted by atomic mass is 9.98. The lowest BCUT2D eigenvalue weighted by Gasteiger charge is -2.35. The molecule has 3 aliphatic heterocycles. The van der Waals surface area contributed by atoms with Gasteiger partial charge in [0.25, 0.3) is 5.91 Å². The predicted octanol–water partition coefficient (Wildman–Crippen LogP) is 1.06. The number of carbonyl (C=O) groups is 5. The highest BCUT2D eigenvalue weighted by molar-refractivity contribution is 5.95. The Kier molecular flexibility index (Phi) is 9.21. The fourth-order valence-corrected chi connectivity index (χ4v) is 5.59. The summed E-state index contributed by atoms with van der Waals surface area (Å²) in [4.78, 5) is 66.8. The Labute approximate surface area is 229 Å². The topological polar surface area (TPSA) is 137 Å². The molecule has 4 rings (SSSR count). The first kappa shape index (κ1) is 28.5. The van der Waals surface area contributed by atoms with Crippen LogP contribution >= 0.6 is 0 Å². The molecular formula is C28H39N5O6. The van der Waals surface area contributed by atoms with Crippen LogP contribution in [0.3, 0.4) is 0 Å². The average molecular weight is 542 g/mol. The number of fused-ring (bicyclic) bond motifs is 1. The number of nitrogens with zero attached hydrogens (tertiary/aromatic N) is 2. The number of hydrogen-bond acceptors (Lipinski definition) is 7. The second-order valence-corrected chi connectivity index (χ2v) is 10.7. The molecule has 0 radical (unpaired) electrons. The van der Waals surface area contributed by atoms with E-state index >= 15 is 0 Å². The highest BCUT2D eigenvalue weighted by atomic mass is 16.6. The molecule has 0 unspecified atom stereocenters. The van der Waals surface area contributed by atoms with Gasteiger partial charge in [0.2, 0.25) is 17.7 Å². The van der Waals surface area contributed by atoms with E-state index in [4.69, 9.17) is 4.74 Å². The van der Waals surface area contributed by atoms with Crippen LogP contribution in [-0.2, 0) is 30.5 Å². The number of benzene rings is 1. The van der Waals surface area contributed by atoms with Crippen LogP contribution in [0.1, 0.15) is 74.2 Å². The number of ether oxygens (including phenoxy) is 1. The van der Waals surface area contributed by atoms with Crippen molar-refractivity contribution in [3.05, 3.63) is 35.4 Å². The Balaban J connectivity index is 1.39. The summed E-state index contributed by atoms with van der Waals surface area (Å²) in [5.74, 6) is -1.26. The van der Waals surface area contributed by atoms with Gasteiger partial charge < -0.3 is 30.5 Å². The summed E-state index contributed by atoms with van der Waals surface area (Å²) in [6.45, 7) is 1.94. The Bertz CT molecular complexity index is 1110. The Morgan fingerprint density at radius 2 is 1.87 bits per heavy atom. The van der Waals surface area contributed by atoms with Gasteiger partial charge in [0.1, 0.15) is 12.1 Å². The van der Waals surface area contributed by atoms with Crippen molar-refractivity contribution in [3.8, 4) is 0 Å². The van der Waals surface area contributed by atoms with Crippen molar-refractivity contribution in [2.45, 2.75) is 95.2 Å². The minimum absolute atomic E-state index is 0.0177. The van der Waals surface area contributed by atoms with E-state index in [2.05, 4.69) is 16.0 Å². The SMILES string of the molecule is CN[C@@H](C)C(=O)N[C@H]1CCCC[C@H]2CC[C@@H](C(=O)NCc3cccc(C(=O)N(C)[C@@H]4CCC(=O)O4)c3)N2C1=O. The van der Waals surface area contributed by atoms with Gasteiger partial charge in [-0.2, -0.15) is 0 Å². The minimum Gasteiger partial charge on any atom is -0.441 e. The normalized spacial score (nSPS) is 25.7. The summed E-state index contributed by atoms with van der Waals surface area (Å²) >= 11 is 0. The molecule has 11 heteroatoms. The molecule has 3 N–H and O–H groups in total.